The van der Waals surface area contributed by atoms with Crippen LogP contribution in [-0.4, -0.2) is 35.7 Å². The fraction of sp³-hybridized carbons (Fsp3) is 0.0244. The highest BCUT2D eigenvalue weighted by Gasteiger charge is 2.26. The van der Waals surface area contributed by atoms with Gasteiger partial charge in [0.1, 0.15) is 23.0 Å². The summed E-state index contributed by atoms with van der Waals surface area (Å²) in [5.74, 6) is 0.378. The molecule has 55 heavy (non-hydrogen) atoms. The molecule has 272 valence electrons. The summed E-state index contributed by atoms with van der Waals surface area (Å²) in [7, 11) is 0. The maximum Gasteiger partial charge on any atom is 0.323 e. The highest BCUT2D eigenvalue weighted by molar-refractivity contribution is 6.28. The Morgan fingerprint density at radius 2 is 0.764 bits per heavy atom. The Labute approximate surface area is 313 Å². The molecule has 0 aromatic heterocycles. The lowest BCUT2D eigenvalue weighted by Gasteiger charge is -2.15. The van der Waals surface area contributed by atoms with E-state index in [9.17, 15) is 28.8 Å². The van der Waals surface area contributed by atoms with Crippen molar-refractivity contribution < 1.29 is 38.2 Å². The van der Waals surface area contributed by atoms with Crippen molar-refractivity contribution in [2.75, 3.05) is 31.1 Å². The van der Waals surface area contributed by atoms with Gasteiger partial charge in [-0.1, -0.05) is 6.07 Å². The van der Waals surface area contributed by atoms with Crippen LogP contribution < -0.4 is 40.5 Å². The molecule has 2 aliphatic heterocycles. The second kappa shape index (κ2) is 15.3. The predicted octanol–water partition coefficient (Wildman–Crippen LogP) is 7.73. The minimum atomic E-state index is -0.503. The number of ether oxygens (including phenoxy) is 2. The van der Waals surface area contributed by atoms with Gasteiger partial charge in [-0.25, -0.2) is 19.4 Å². The molecule has 14 heteroatoms. The fourth-order valence-electron chi connectivity index (χ4n) is 5.53. The van der Waals surface area contributed by atoms with Crippen molar-refractivity contribution in [1.29, 1.82) is 0 Å². The molecule has 5 aromatic carbocycles. The molecule has 0 radical (unpaired) electrons. The molecule has 2 aliphatic rings. The number of nitrogens with zero attached hydrogens (tertiary/aromatic N) is 2. The van der Waals surface area contributed by atoms with Crippen LogP contribution in [0, 0.1) is 6.92 Å². The standard InChI is InChI=1S/C41H30N6O8/c1-25-2-3-28(44-40(52)42-26-4-12-31(13-5-26)54-33-16-8-29(9-17-33)46-36(48)20-21-37(46)49)24-35(25)45-41(53)43-27-6-14-32(15-7-27)55-34-18-10-30(11-19-34)47-38(50)22-23-39(47)51/h2-24H,1H3,(H2,42,44,52)(H2,43,45,53). The van der Waals surface area contributed by atoms with E-state index >= 15 is 0 Å². The molecule has 0 bridgehead atoms. The number of nitrogens with one attached hydrogen (secondary N) is 4. The number of aryl methyl sites for hydroxylation is 1. The average molecular weight is 735 g/mol. The van der Waals surface area contributed by atoms with E-state index in [0.29, 0.717) is 57.1 Å². The topological polar surface area (TPSA) is 175 Å². The molecule has 5 aromatic rings. The first-order valence-corrected chi connectivity index (χ1v) is 16.7. The maximum atomic E-state index is 12.9. The van der Waals surface area contributed by atoms with Gasteiger partial charge >= 0.3 is 12.1 Å². The van der Waals surface area contributed by atoms with Gasteiger partial charge in [-0.05, 0) is 122 Å². The third-order valence-electron chi connectivity index (χ3n) is 8.25. The van der Waals surface area contributed by atoms with E-state index in [-0.39, 0.29) is 0 Å². The molecule has 0 spiro atoms. The fourth-order valence-corrected chi connectivity index (χ4v) is 5.53. The van der Waals surface area contributed by atoms with E-state index in [2.05, 4.69) is 21.3 Å². The predicted molar refractivity (Wildman–Crippen MR) is 206 cm³/mol. The van der Waals surface area contributed by atoms with E-state index < -0.39 is 35.7 Å². The van der Waals surface area contributed by atoms with E-state index in [1.807, 2.05) is 6.92 Å². The van der Waals surface area contributed by atoms with Crippen LogP contribution in [0.4, 0.5) is 43.7 Å². The number of anilines is 6. The summed E-state index contributed by atoms with van der Waals surface area (Å²) in [5.41, 5.74) is 3.58. The van der Waals surface area contributed by atoms with Gasteiger partial charge in [-0.2, -0.15) is 0 Å². The zero-order chi connectivity index (χ0) is 38.5. The van der Waals surface area contributed by atoms with Crippen molar-refractivity contribution in [3.8, 4) is 23.0 Å². The zero-order valence-corrected chi connectivity index (χ0v) is 28.9. The van der Waals surface area contributed by atoms with E-state index in [4.69, 9.17) is 9.47 Å². The van der Waals surface area contributed by atoms with Crippen molar-refractivity contribution in [3.63, 3.8) is 0 Å². The second-order valence-electron chi connectivity index (χ2n) is 12.1. The number of hydrogen-bond acceptors (Lipinski definition) is 8. The van der Waals surface area contributed by atoms with Gasteiger partial charge in [0.25, 0.3) is 23.6 Å². The van der Waals surface area contributed by atoms with Crippen LogP contribution in [0.1, 0.15) is 5.56 Å². The van der Waals surface area contributed by atoms with Crippen molar-refractivity contribution in [2.45, 2.75) is 6.92 Å². The lowest BCUT2D eigenvalue weighted by atomic mass is 10.2. The van der Waals surface area contributed by atoms with Gasteiger partial charge in [0.05, 0.1) is 11.4 Å². The first-order chi connectivity index (χ1) is 26.6. The molecule has 2 heterocycles. The van der Waals surface area contributed by atoms with Gasteiger partial charge in [0.15, 0.2) is 0 Å². The Kier molecular flexibility index (Phi) is 9.86. The summed E-state index contributed by atoms with van der Waals surface area (Å²) < 4.78 is 11.7. The van der Waals surface area contributed by atoms with Crippen LogP contribution >= 0.6 is 0 Å². The quantitative estimate of drug-likeness (QED) is 0.105. The number of imide groups is 2. The monoisotopic (exact) mass is 734 g/mol. The first kappa shape index (κ1) is 35.4. The Morgan fingerprint density at radius 1 is 0.436 bits per heavy atom. The van der Waals surface area contributed by atoms with Crippen molar-refractivity contribution in [2.24, 2.45) is 0 Å². The third kappa shape index (κ3) is 8.39. The molecule has 0 saturated carbocycles. The largest absolute Gasteiger partial charge is 0.457 e. The summed E-state index contributed by atoms with van der Waals surface area (Å²) in [6, 6.07) is 30.5. The second-order valence-corrected chi connectivity index (χ2v) is 12.1. The number of carbonyl (C=O) groups excluding carboxylic acids is 6. The molecule has 4 N–H and O–H groups in total. The van der Waals surface area contributed by atoms with E-state index in [1.54, 1.807) is 115 Å². The molecule has 0 unspecified atom stereocenters. The minimum absolute atomic E-state index is 0.403. The van der Waals surface area contributed by atoms with Crippen molar-refractivity contribution in [1.82, 2.24) is 0 Å². The van der Waals surface area contributed by atoms with Crippen LogP contribution in [0.3, 0.4) is 0 Å². The van der Waals surface area contributed by atoms with Crippen LogP contribution in [0.2, 0.25) is 0 Å². The number of benzene rings is 5. The summed E-state index contributed by atoms with van der Waals surface area (Å²) in [6.45, 7) is 1.82. The Balaban J connectivity index is 0.878. The SMILES string of the molecule is Cc1ccc(NC(=O)Nc2ccc(Oc3ccc(N4C(=O)C=CC4=O)cc3)cc2)cc1NC(=O)Nc1ccc(Oc2ccc(N3C(=O)C=CC3=O)cc2)cc1. The van der Waals surface area contributed by atoms with Gasteiger partial charge in [0.2, 0.25) is 0 Å². The van der Waals surface area contributed by atoms with Crippen LogP contribution in [0.15, 0.2) is 140 Å². The number of hydrogen-bond donors (Lipinski definition) is 4. The minimum Gasteiger partial charge on any atom is -0.457 e. The first-order valence-electron chi connectivity index (χ1n) is 16.7. The van der Waals surface area contributed by atoms with E-state index in [0.717, 1.165) is 15.4 Å². The Morgan fingerprint density at radius 3 is 1.16 bits per heavy atom. The highest BCUT2D eigenvalue weighted by Crippen LogP contribution is 2.29. The summed E-state index contributed by atoms with van der Waals surface area (Å²) in [4.78, 5) is 75.4. The zero-order valence-electron chi connectivity index (χ0n) is 28.9. The molecule has 0 fully saturated rings. The Hall–Kier alpha value is -8.00. The number of urea groups is 2. The molecular weight excluding hydrogens is 704 g/mol. The lowest BCUT2D eigenvalue weighted by molar-refractivity contribution is -0.121. The number of rotatable bonds is 10. The van der Waals surface area contributed by atoms with E-state index in [1.165, 1.54) is 24.3 Å². The van der Waals surface area contributed by atoms with Gasteiger partial charge in [-0.3, -0.25) is 19.2 Å². The maximum absolute atomic E-state index is 12.9. The number of amides is 8. The smallest absolute Gasteiger partial charge is 0.323 e. The van der Waals surface area contributed by atoms with Gasteiger partial charge < -0.3 is 30.7 Å². The molecule has 0 saturated heterocycles. The molecule has 8 amide bonds. The van der Waals surface area contributed by atoms with Crippen molar-refractivity contribution in [3.05, 3.63) is 145 Å². The molecular formula is C41H30N6O8. The molecule has 7 rings (SSSR count). The van der Waals surface area contributed by atoms with Gasteiger partial charge in [0, 0.05) is 47.1 Å². The number of carbonyl (C=O) groups is 6. The van der Waals surface area contributed by atoms with Gasteiger partial charge in [-0.15, -0.1) is 0 Å². The average Bonchev–Trinajstić information content (AvgIpc) is 3.70. The summed E-state index contributed by atoms with van der Waals surface area (Å²) >= 11 is 0. The normalized spacial score (nSPS) is 13.3. The molecule has 0 atom stereocenters. The molecule has 0 aliphatic carbocycles. The third-order valence-corrected chi connectivity index (χ3v) is 8.25. The summed E-state index contributed by atoms with van der Waals surface area (Å²) in [6.07, 6.45) is 4.88. The van der Waals surface area contributed by atoms with Crippen LogP contribution in [0.25, 0.3) is 0 Å². The van der Waals surface area contributed by atoms with Crippen LogP contribution in [0.5, 0.6) is 23.0 Å². The lowest BCUT2D eigenvalue weighted by Crippen LogP contribution is -2.29. The molecule has 14 nitrogen and oxygen atoms in total. The highest BCUT2D eigenvalue weighted by atomic mass is 16.5. The van der Waals surface area contributed by atoms with Crippen molar-refractivity contribution >= 4 is 69.8 Å². The van der Waals surface area contributed by atoms with Crippen LogP contribution in [-0.2, 0) is 19.2 Å². The summed E-state index contributed by atoms with van der Waals surface area (Å²) in [5, 5.41) is 11.1. The Bertz CT molecular complexity index is 2350.